The number of sulfonamides is 1. The summed E-state index contributed by atoms with van der Waals surface area (Å²) in [7, 11) is -2.01. The number of methoxy groups -OCH3 is 1. The normalized spacial score (nSPS) is 12.0. The molecule has 2 aromatic carbocycles. The molecule has 2 aromatic rings. The molecule has 0 aromatic heterocycles. The smallest absolute Gasteiger partial charge is 0.242 e. The fourth-order valence-electron chi connectivity index (χ4n) is 3.89. The van der Waals surface area contributed by atoms with Crippen LogP contribution >= 0.6 is 11.6 Å². The van der Waals surface area contributed by atoms with Crippen molar-refractivity contribution in [2.24, 2.45) is 0 Å². The number of ether oxygens (including phenoxy) is 1. The molecule has 0 heterocycles. The van der Waals surface area contributed by atoms with Gasteiger partial charge in [-0.2, -0.15) is 0 Å². The molecule has 1 N–H and O–H groups in total. The topological polar surface area (TPSA) is 96.0 Å². The van der Waals surface area contributed by atoms with Crippen molar-refractivity contribution < 1.29 is 22.7 Å². The van der Waals surface area contributed by atoms with Crippen molar-refractivity contribution in [2.45, 2.75) is 52.1 Å². The Kier molecular flexibility index (Phi) is 11.5. The first-order valence-electron chi connectivity index (χ1n) is 12.0. The minimum Gasteiger partial charge on any atom is -0.497 e. The van der Waals surface area contributed by atoms with E-state index in [1.165, 1.54) is 4.31 Å². The van der Waals surface area contributed by atoms with Gasteiger partial charge < -0.3 is 15.0 Å². The standard InChI is InChI=1S/C26H36ClN3O5S/c1-5-15-28-26(32)24(6-2)29(19-20-10-7-13-23(17-20)35-3)25(31)14-9-16-30(36(4,33)34)22-12-8-11-21(27)18-22/h7-8,10-13,17-18,24H,5-6,9,14-16,19H2,1-4H3,(H,28,32). The van der Waals surface area contributed by atoms with Crippen molar-refractivity contribution in [3.63, 3.8) is 0 Å². The molecule has 8 nitrogen and oxygen atoms in total. The van der Waals surface area contributed by atoms with E-state index in [1.807, 2.05) is 38.1 Å². The van der Waals surface area contributed by atoms with E-state index >= 15 is 0 Å². The van der Waals surface area contributed by atoms with E-state index < -0.39 is 16.1 Å². The third kappa shape index (κ3) is 8.71. The zero-order valence-corrected chi connectivity index (χ0v) is 22.9. The fourth-order valence-corrected chi connectivity index (χ4v) is 5.03. The summed E-state index contributed by atoms with van der Waals surface area (Å²) in [6, 6.07) is 13.3. The number of hydrogen-bond acceptors (Lipinski definition) is 5. The number of nitrogens with one attached hydrogen (secondary N) is 1. The first kappa shape index (κ1) is 29.5. The second-order valence-electron chi connectivity index (χ2n) is 8.51. The average molecular weight is 538 g/mol. The molecule has 36 heavy (non-hydrogen) atoms. The number of nitrogens with zero attached hydrogens (tertiary/aromatic N) is 2. The van der Waals surface area contributed by atoms with Crippen molar-refractivity contribution in [3.8, 4) is 5.75 Å². The summed E-state index contributed by atoms with van der Waals surface area (Å²) in [6.07, 6.45) is 2.71. The molecule has 1 atom stereocenters. The van der Waals surface area contributed by atoms with Gasteiger partial charge in [0.1, 0.15) is 11.8 Å². The van der Waals surface area contributed by atoms with E-state index in [0.29, 0.717) is 29.4 Å². The molecule has 0 saturated heterocycles. The van der Waals surface area contributed by atoms with Crippen LogP contribution in [0.1, 0.15) is 45.1 Å². The lowest BCUT2D eigenvalue weighted by Crippen LogP contribution is -2.49. The number of benzene rings is 2. The zero-order valence-electron chi connectivity index (χ0n) is 21.4. The van der Waals surface area contributed by atoms with Crippen LogP contribution in [0.15, 0.2) is 48.5 Å². The SMILES string of the molecule is CCCNC(=O)C(CC)N(Cc1cccc(OC)c1)C(=O)CCCN(c1cccc(Cl)c1)S(C)(=O)=O. The lowest BCUT2D eigenvalue weighted by Gasteiger charge is -2.31. The molecular weight excluding hydrogens is 502 g/mol. The fraction of sp³-hybridized carbons (Fsp3) is 0.462. The van der Waals surface area contributed by atoms with E-state index in [-0.39, 0.29) is 37.7 Å². The first-order chi connectivity index (χ1) is 17.1. The Morgan fingerprint density at radius 3 is 2.44 bits per heavy atom. The Morgan fingerprint density at radius 1 is 1.11 bits per heavy atom. The highest BCUT2D eigenvalue weighted by Gasteiger charge is 2.28. The van der Waals surface area contributed by atoms with Crippen molar-refractivity contribution in [1.82, 2.24) is 10.2 Å². The van der Waals surface area contributed by atoms with Crippen LogP contribution in [0.4, 0.5) is 5.69 Å². The third-order valence-corrected chi connectivity index (χ3v) is 7.10. The van der Waals surface area contributed by atoms with Gasteiger partial charge in [0.15, 0.2) is 0 Å². The van der Waals surface area contributed by atoms with Crippen LogP contribution in [-0.4, -0.2) is 57.6 Å². The summed E-state index contributed by atoms with van der Waals surface area (Å²) in [6.45, 7) is 4.70. The van der Waals surface area contributed by atoms with Gasteiger partial charge in [-0.3, -0.25) is 13.9 Å². The number of carbonyl (C=O) groups is 2. The predicted octanol–water partition coefficient (Wildman–Crippen LogP) is 4.23. The predicted molar refractivity (Wildman–Crippen MR) is 144 cm³/mol. The van der Waals surface area contributed by atoms with Gasteiger partial charge in [0.25, 0.3) is 0 Å². The van der Waals surface area contributed by atoms with Gasteiger partial charge in [-0.25, -0.2) is 8.42 Å². The summed E-state index contributed by atoms with van der Waals surface area (Å²) in [4.78, 5) is 27.9. The van der Waals surface area contributed by atoms with E-state index in [0.717, 1.165) is 18.2 Å². The number of anilines is 1. The molecular formula is C26H36ClN3O5S. The van der Waals surface area contributed by atoms with Crippen LogP contribution in [0, 0.1) is 0 Å². The maximum absolute atomic E-state index is 13.4. The van der Waals surface area contributed by atoms with E-state index in [9.17, 15) is 18.0 Å². The van der Waals surface area contributed by atoms with Crippen LogP contribution in [0.2, 0.25) is 5.02 Å². The zero-order chi connectivity index (χ0) is 26.7. The quantitative estimate of drug-likeness (QED) is 0.389. The second-order valence-corrected chi connectivity index (χ2v) is 10.9. The molecule has 0 bridgehead atoms. The van der Waals surface area contributed by atoms with Crippen molar-refractivity contribution in [3.05, 3.63) is 59.1 Å². The third-order valence-electron chi connectivity index (χ3n) is 5.67. The molecule has 0 aliphatic heterocycles. The van der Waals surface area contributed by atoms with Gasteiger partial charge in [-0.1, -0.05) is 43.6 Å². The molecule has 10 heteroatoms. The summed E-state index contributed by atoms with van der Waals surface area (Å²) in [5, 5.41) is 3.31. The summed E-state index contributed by atoms with van der Waals surface area (Å²) >= 11 is 6.05. The Bertz CT molecular complexity index is 1130. The van der Waals surface area contributed by atoms with Gasteiger partial charge in [0.2, 0.25) is 21.8 Å². The Morgan fingerprint density at radius 2 is 1.83 bits per heavy atom. The number of carbonyl (C=O) groups excluding carboxylic acids is 2. The highest BCUT2D eigenvalue weighted by Crippen LogP contribution is 2.23. The molecule has 2 rings (SSSR count). The van der Waals surface area contributed by atoms with Gasteiger partial charge in [-0.05, 0) is 55.2 Å². The number of hydrogen-bond donors (Lipinski definition) is 1. The van der Waals surface area contributed by atoms with Crippen LogP contribution in [-0.2, 0) is 26.2 Å². The highest BCUT2D eigenvalue weighted by molar-refractivity contribution is 7.92. The summed E-state index contributed by atoms with van der Waals surface area (Å²) in [5.74, 6) is 0.233. The lowest BCUT2D eigenvalue weighted by molar-refractivity contribution is -0.141. The van der Waals surface area contributed by atoms with Crippen LogP contribution in [0.5, 0.6) is 5.75 Å². The maximum Gasteiger partial charge on any atom is 0.242 e. The Labute approximate surface area is 219 Å². The molecule has 0 aliphatic carbocycles. The number of halogens is 1. The van der Waals surface area contributed by atoms with Gasteiger partial charge in [-0.15, -0.1) is 0 Å². The summed E-state index contributed by atoms with van der Waals surface area (Å²) < 4.78 is 31.4. The summed E-state index contributed by atoms with van der Waals surface area (Å²) in [5.41, 5.74) is 1.28. The molecule has 1 unspecified atom stereocenters. The molecule has 2 amide bonds. The van der Waals surface area contributed by atoms with Crippen molar-refractivity contribution in [2.75, 3.05) is 30.8 Å². The van der Waals surface area contributed by atoms with E-state index in [4.69, 9.17) is 16.3 Å². The second kappa shape index (κ2) is 14.1. The lowest BCUT2D eigenvalue weighted by atomic mass is 10.1. The Hall–Kier alpha value is -2.78. The Balaban J connectivity index is 2.22. The minimum absolute atomic E-state index is 0.0775. The molecule has 198 valence electrons. The van der Waals surface area contributed by atoms with Crippen molar-refractivity contribution >= 4 is 39.1 Å². The molecule has 0 spiro atoms. The average Bonchev–Trinajstić information content (AvgIpc) is 2.84. The highest BCUT2D eigenvalue weighted by atomic mass is 35.5. The molecule has 0 saturated carbocycles. The van der Waals surface area contributed by atoms with Gasteiger partial charge in [0.05, 0.1) is 19.1 Å². The largest absolute Gasteiger partial charge is 0.497 e. The molecule has 0 radical (unpaired) electrons. The number of rotatable bonds is 14. The van der Waals surface area contributed by atoms with Crippen LogP contribution in [0.25, 0.3) is 0 Å². The van der Waals surface area contributed by atoms with Crippen molar-refractivity contribution in [1.29, 1.82) is 0 Å². The first-order valence-corrected chi connectivity index (χ1v) is 14.3. The van der Waals surface area contributed by atoms with Crippen LogP contribution in [0.3, 0.4) is 0 Å². The van der Waals surface area contributed by atoms with E-state index in [1.54, 1.807) is 36.3 Å². The number of amides is 2. The maximum atomic E-state index is 13.4. The molecule has 0 aliphatic rings. The van der Waals surface area contributed by atoms with Crippen LogP contribution < -0.4 is 14.4 Å². The van der Waals surface area contributed by atoms with Gasteiger partial charge >= 0.3 is 0 Å². The van der Waals surface area contributed by atoms with E-state index in [2.05, 4.69) is 5.32 Å². The van der Waals surface area contributed by atoms with Gasteiger partial charge in [0, 0.05) is 31.1 Å². The monoisotopic (exact) mass is 537 g/mol. The minimum atomic E-state index is -3.58. The molecule has 0 fully saturated rings.